The molecule has 0 saturated heterocycles. The van der Waals surface area contributed by atoms with Gasteiger partial charge in [-0.05, 0) is 36.2 Å². The number of anilines is 1. The van der Waals surface area contributed by atoms with E-state index in [4.69, 9.17) is 0 Å². The van der Waals surface area contributed by atoms with E-state index < -0.39 is 0 Å². The molecular formula is C18H18BrN3O2. The molecule has 124 valence electrons. The van der Waals surface area contributed by atoms with Gasteiger partial charge in [0.05, 0.1) is 5.56 Å². The molecule has 5 nitrogen and oxygen atoms in total. The van der Waals surface area contributed by atoms with Crippen molar-refractivity contribution < 1.29 is 9.59 Å². The topological polar surface area (TPSA) is 61.4 Å². The Balaban J connectivity index is 1.92. The molecule has 0 aliphatic carbocycles. The van der Waals surface area contributed by atoms with Crippen LogP contribution in [0.3, 0.4) is 0 Å². The Labute approximate surface area is 149 Å². The Morgan fingerprint density at radius 1 is 1.21 bits per heavy atom. The molecule has 2 amide bonds. The van der Waals surface area contributed by atoms with Crippen molar-refractivity contribution in [1.82, 2.24) is 10.4 Å². The second kappa shape index (κ2) is 6.65. The molecule has 1 heterocycles. The number of hydrazine groups is 1. The van der Waals surface area contributed by atoms with Crippen molar-refractivity contribution in [2.24, 2.45) is 5.92 Å². The lowest BCUT2D eigenvalue weighted by molar-refractivity contribution is 0.0438. The van der Waals surface area contributed by atoms with Gasteiger partial charge in [0.15, 0.2) is 0 Å². The highest BCUT2D eigenvalue weighted by Crippen LogP contribution is 2.29. The van der Waals surface area contributed by atoms with Crippen molar-refractivity contribution in [1.29, 1.82) is 0 Å². The maximum atomic E-state index is 12.9. The highest BCUT2D eigenvalue weighted by molar-refractivity contribution is 9.10. The number of hydrogen-bond donors (Lipinski definition) is 2. The van der Waals surface area contributed by atoms with Crippen LogP contribution in [0, 0.1) is 5.92 Å². The van der Waals surface area contributed by atoms with E-state index in [1.807, 2.05) is 32.0 Å². The Bertz CT molecular complexity index is 777. The zero-order valence-corrected chi connectivity index (χ0v) is 15.0. The highest BCUT2D eigenvalue weighted by atomic mass is 79.9. The first-order valence-corrected chi connectivity index (χ1v) is 8.52. The minimum Gasteiger partial charge on any atom is -0.363 e. The number of carbonyl (C=O) groups is 2. The van der Waals surface area contributed by atoms with E-state index in [1.165, 1.54) is 5.01 Å². The SMILES string of the molecule is CC(C)C1Nc2ccc(Br)cc2C(=O)N1NC(=O)c1ccccc1. The monoisotopic (exact) mass is 387 g/mol. The highest BCUT2D eigenvalue weighted by Gasteiger charge is 2.35. The summed E-state index contributed by atoms with van der Waals surface area (Å²) in [6.45, 7) is 3.99. The number of rotatable bonds is 3. The normalized spacial score (nSPS) is 16.6. The van der Waals surface area contributed by atoms with Crippen molar-refractivity contribution >= 4 is 33.4 Å². The molecule has 1 aliphatic heterocycles. The first-order chi connectivity index (χ1) is 11.5. The second-order valence-electron chi connectivity index (χ2n) is 6.01. The van der Waals surface area contributed by atoms with Gasteiger partial charge in [0.1, 0.15) is 6.17 Å². The molecule has 2 aromatic carbocycles. The smallest absolute Gasteiger partial charge is 0.276 e. The third-order valence-corrected chi connectivity index (χ3v) is 4.40. The van der Waals surface area contributed by atoms with Crippen LogP contribution in [0.25, 0.3) is 0 Å². The van der Waals surface area contributed by atoms with Crippen molar-refractivity contribution in [3.63, 3.8) is 0 Å². The Morgan fingerprint density at radius 2 is 1.92 bits per heavy atom. The largest absolute Gasteiger partial charge is 0.363 e. The molecule has 1 aliphatic rings. The van der Waals surface area contributed by atoms with Crippen LogP contribution in [0.15, 0.2) is 53.0 Å². The molecule has 0 saturated carbocycles. The molecule has 3 rings (SSSR count). The molecular weight excluding hydrogens is 370 g/mol. The lowest BCUT2D eigenvalue weighted by atomic mass is 10.0. The van der Waals surface area contributed by atoms with Gasteiger partial charge in [-0.1, -0.05) is 48.0 Å². The summed E-state index contributed by atoms with van der Waals surface area (Å²) in [5.41, 5.74) is 4.54. The summed E-state index contributed by atoms with van der Waals surface area (Å²) in [6, 6.07) is 14.4. The third kappa shape index (κ3) is 3.14. The number of nitrogens with one attached hydrogen (secondary N) is 2. The molecule has 6 heteroatoms. The summed E-state index contributed by atoms with van der Waals surface area (Å²) in [4.78, 5) is 25.4. The fourth-order valence-electron chi connectivity index (χ4n) is 2.65. The molecule has 24 heavy (non-hydrogen) atoms. The zero-order chi connectivity index (χ0) is 17.3. The van der Waals surface area contributed by atoms with Gasteiger partial charge in [-0.2, -0.15) is 0 Å². The van der Waals surface area contributed by atoms with E-state index in [0.29, 0.717) is 11.1 Å². The van der Waals surface area contributed by atoms with Crippen LogP contribution in [0.5, 0.6) is 0 Å². The van der Waals surface area contributed by atoms with Crippen LogP contribution < -0.4 is 10.7 Å². The fraction of sp³-hybridized carbons (Fsp3) is 0.222. The number of nitrogens with zero attached hydrogens (tertiary/aromatic N) is 1. The minimum absolute atomic E-state index is 0.113. The Hall–Kier alpha value is -2.34. The van der Waals surface area contributed by atoms with Gasteiger partial charge < -0.3 is 5.32 Å². The van der Waals surface area contributed by atoms with Gasteiger partial charge in [0, 0.05) is 15.7 Å². The molecule has 1 unspecified atom stereocenters. The van der Waals surface area contributed by atoms with Gasteiger partial charge >= 0.3 is 0 Å². The molecule has 2 aromatic rings. The van der Waals surface area contributed by atoms with E-state index in [-0.39, 0.29) is 23.9 Å². The van der Waals surface area contributed by atoms with Gasteiger partial charge in [0.2, 0.25) is 0 Å². The molecule has 0 fully saturated rings. The number of carbonyl (C=O) groups excluding carboxylic acids is 2. The van der Waals surface area contributed by atoms with Crippen molar-refractivity contribution in [3.8, 4) is 0 Å². The van der Waals surface area contributed by atoms with Crippen molar-refractivity contribution in [2.45, 2.75) is 20.0 Å². The molecule has 0 radical (unpaired) electrons. The number of hydrogen-bond acceptors (Lipinski definition) is 3. The minimum atomic E-state index is -0.321. The molecule has 1 atom stereocenters. The van der Waals surface area contributed by atoms with Gasteiger partial charge in [0.25, 0.3) is 11.8 Å². The van der Waals surface area contributed by atoms with Crippen LogP contribution in [0.2, 0.25) is 0 Å². The van der Waals surface area contributed by atoms with Crippen LogP contribution in [-0.2, 0) is 0 Å². The maximum Gasteiger partial charge on any atom is 0.276 e. The summed E-state index contributed by atoms with van der Waals surface area (Å²) in [6.07, 6.45) is -0.321. The van der Waals surface area contributed by atoms with E-state index in [0.717, 1.165) is 10.2 Å². The first-order valence-electron chi connectivity index (χ1n) is 7.73. The van der Waals surface area contributed by atoms with Gasteiger partial charge in [-0.15, -0.1) is 0 Å². The molecule has 0 bridgehead atoms. The summed E-state index contributed by atoms with van der Waals surface area (Å²) >= 11 is 3.38. The molecule has 0 spiro atoms. The summed E-state index contributed by atoms with van der Waals surface area (Å²) in [5, 5.41) is 4.71. The maximum absolute atomic E-state index is 12.9. The molecule has 2 N–H and O–H groups in total. The number of halogens is 1. The van der Waals surface area contributed by atoms with Crippen LogP contribution in [-0.4, -0.2) is 23.0 Å². The van der Waals surface area contributed by atoms with E-state index in [9.17, 15) is 9.59 Å². The fourth-order valence-corrected chi connectivity index (χ4v) is 3.01. The number of amides is 2. The van der Waals surface area contributed by atoms with Crippen LogP contribution in [0.4, 0.5) is 5.69 Å². The average molecular weight is 388 g/mol. The van der Waals surface area contributed by atoms with E-state index in [1.54, 1.807) is 30.3 Å². The summed E-state index contributed by atoms with van der Waals surface area (Å²) < 4.78 is 0.814. The quantitative estimate of drug-likeness (QED) is 0.844. The van der Waals surface area contributed by atoms with Crippen LogP contribution >= 0.6 is 15.9 Å². The summed E-state index contributed by atoms with van der Waals surface area (Å²) in [5.74, 6) is -0.426. The predicted molar refractivity (Wildman–Crippen MR) is 96.5 cm³/mol. The number of fused-ring (bicyclic) bond motifs is 1. The number of benzene rings is 2. The lowest BCUT2D eigenvalue weighted by Crippen LogP contribution is -2.59. The molecule has 0 aromatic heterocycles. The van der Waals surface area contributed by atoms with Gasteiger partial charge in [-0.25, -0.2) is 5.01 Å². The standard InChI is InChI=1S/C18H18BrN3O2/c1-11(2)16-20-15-9-8-13(19)10-14(15)18(24)22(16)21-17(23)12-6-4-3-5-7-12/h3-11,16,20H,1-2H3,(H,21,23). The van der Waals surface area contributed by atoms with E-state index >= 15 is 0 Å². The summed E-state index contributed by atoms with van der Waals surface area (Å²) in [7, 11) is 0. The predicted octanol–water partition coefficient (Wildman–Crippen LogP) is 3.64. The zero-order valence-electron chi connectivity index (χ0n) is 13.4. The van der Waals surface area contributed by atoms with Crippen molar-refractivity contribution in [3.05, 3.63) is 64.1 Å². The third-order valence-electron chi connectivity index (χ3n) is 3.90. The second-order valence-corrected chi connectivity index (χ2v) is 6.92. The Kier molecular flexibility index (Phi) is 4.57. The van der Waals surface area contributed by atoms with Crippen molar-refractivity contribution in [2.75, 3.05) is 5.32 Å². The Morgan fingerprint density at radius 3 is 2.58 bits per heavy atom. The van der Waals surface area contributed by atoms with Crippen LogP contribution in [0.1, 0.15) is 34.6 Å². The van der Waals surface area contributed by atoms with E-state index in [2.05, 4.69) is 26.7 Å². The first kappa shape index (κ1) is 16.5. The lowest BCUT2D eigenvalue weighted by Gasteiger charge is -2.39. The average Bonchev–Trinajstić information content (AvgIpc) is 2.58. The van der Waals surface area contributed by atoms with Gasteiger partial charge in [-0.3, -0.25) is 15.0 Å².